The second kappa shape index (κ2) is 4.05. The zero-order valence-corrected chi connectivity index (χ0v) is 9.34. The summed E-state index contributed by atoms with van der Waals surface area (Å²) in [6, 6.07) is 6.02. The van der Waals surface area contributed by atoms with E-state index in [1.54, 1.807) is 0 Å². The molecule has 0 aromatic heterocycles. The van der Waals surface area contributed by atoms with E-state index in [1.165, 1.54) is 5.56 Å². The molecule has 2 nitrogen and oxygen atoms in total. The standard InChI is InChI=1S/C13H17NO/c1-9(2)7-13(15)11-4-3-10-5-6-14-12(10)8-11/h3-4,8-9,14H,5-7H2,1-2H3. The normalized spacial score (nSPS) is 13.8. The lowest BCUT2D eigenvalue weighted by Crippen LogP contribution is -2.03. The lowest BCUT2D eigenvalue weighted by Gasteiger charge is -2.06. The van der Waals surface area contributed by atoms with E-state index in [-0.39, 0.29) is 5.78 Å². The van der Waals surface area contributed by atoms with Crippen LogP contribution in [0, 0.1) is 5.92 Å². The van der Waals surface area contributed by atoms with Gasteiger partial charge in [-0.1, -0.05) is 26.0 Å². The molecule has 0 radical (unpaired) electrons. The number of ketones is 1. The molecule has 1 heterocycles. The Morgan fingerprint density at radius 2 is 2.27 bits per heavy atom. The van der Waals surface area contributed by atoms with Gasteiger partial charge in [0, 0.05) is 24.2 Å². The zero-order valence-electron chi connectivity index (χ0n) is 9.34. The third-order valence-corrected chi connectivity index (χ3v) is 2.74. The summed E-state index contributed by atoms with van der Waals surface area (Å²) in [7, 11) is 0. The fourth-order valence-corrected chi connectivity index (χ4v) is 1.95. The van der Waals surface area contributed by atoms with E-state index >= 15 is 0 Å². The molecule has 0 spiro atoms. The minimum absolute atomic E-state index is 0.251. The molecular weight excluding hydrogens is 186 g/mol. The molecule has 1 aromatic carbocycles. The quantitative estimate of drug-likeness (QED) is 0.765. The molecule has 2 rings (SSSR count). The minimum Gasteiger partial charge on any atom is -0.384 e. The van der Waals surface area contributed by atoms with Crippen molar-refractivity contribution in [2.24, 2.45) is 5.92 Å². The van der Waals surface area contributed by atoms with Crippen LogP contribution in [0.25, 0.3) is 0 Å². The van der Waals surface area contributed by atoms with E-state index in [2.05, 4.69) is 25.2 Å². The predicted octanol–water partition coefficient (Wildman–Crippen LogP) is 2.88. The van der Waals surface area contributed by atoms with Crippen LogP contribution in [0.2, 0.25) is 0 Å². The molecule has 0 saturated carbocycles. The van der Waals surface area contributed by atoms with Gasteiger partial charge in [0.15, 0.2) is 5.78 Å². The number of fused-ring (bicyclic) bond motifs is 1. The fourth-order valence-electron chi connectivity index (χ4n) is 1.95. The van der Waals surface area contributed by atoms with Gasteiger partial charge in [-0.05, 0) is 24.0 Å². The maximum atomic E-state index is 11.8. The van der Waals surface area contributed by atoms with Gasteiger partial charge in [-0.25, -0.2) is 0 Å². The summed E-state index contributed by atoms with van der Waals surface area (Å²) >= 11 is 0. The molecule has 0 atom stereocenters. The summed E-state index contributed by atoms with van der Waals surface area (Å²) in [5.41, 5.74) is 3.32. The molecule has 0 unspecified atom stereocenters. The third kappa shape index (κ3) is 2.20. The summed E-state index contributed by atoms with van der Waals surface area (Å²) in [5, 5.41) is 3.30. The highest BCUT2D eigenvalue weighted by molar-refractivity contribution is 5.97. The average molecular weight is 203 g/mol. The Labute approximate surface area is 90.7 Å². The Kier molecular flexibility index (Phi) is 2.76. The van der Waals surface area contributed by atoms with Crippen LogP contribution in [0.5, 0.6) is 0 Å². The molecular formula is C13H17NO. The number of Topliss-reactive ketones (excluding diaryl/α,β-unsaturated/α-hetero) is 1. The van der Waals surface area contributed by atoms with Gasteiger partial charge in [-0.3, -0.25) is 4.79 Å². The molecule has 0 bridgehead atoms. The van der Waals surface area contributed by atoms with Gasteiger partial charge in [-0.2, -0.15) is 0 Å². The van der Waals surface area contributed by atoms with Gasteiger partial charge < -0.3 is 5.32 Å². The Balaban J connectivity index is 2.19. The van der Waals surface area contributed by atoms with Crippen LogP contribution < -0.4 is 5.32 Å². The van der Waals surface area contributed by atoms with Gasteiger partial charge in [0.05, 0.1) is 0 Å². The number of carbonyl (C=O) groups is 1. The minimum atomic E-state index is 0.251. The second-order valence-corrected chi connectivity index (χ2v) is 4.57. The largest absolute Gasteiger partial charge is 0.384 e. The van der Waals surface area contributed by atoms with Crippen molar-refractivity contribution in [1.29, 1.82) is 0 Å². The van der Waals surface area contributed by atoms with Crippen LogP contribution in [0.4, 0.5) is 5.69 Å². The van der Waals surface area contributed by atoms with Crippen LogP contribution >= 0.6 is 0 Å². The first-order chi connectivity index (χ1) is 7.16. The maximum Gasteiger partial charge on any atom is 0.163 e. The molecule has 2 heteroatoms. The van der Waals surface area contributed by atoms with Crippen molar-refractivity contribution >= 4 is 11.5 Å². The monoisotopic (exact) mass is 203 g/mol. The summed E-state index contributed by atoms with van der Waals surface area (Å²) < 4.78 is 0. The lowest BCUT2D eigenvalue weighted by molar-refractivity contribution is 0.0968. The molecule has 0 aliphatic carbocycles. The number of benzene rings is 1. The van der Waals surface area contributed by atoms with E-state index in [0.29, 0.717) is 12.3 Å². The highest BCUT2D eigenvalue weighted by Gasteiger charge is 2.13. The molecule has 15 heavy (non-hydrogen) atoms. The summed E-state index contributed by atoms with van der Waals surface area (Å²) in [6.45, 7) is 5.14. The van der Waals surface area contributed by atoms with Crippen LogP contribution in [0.15, 0.2) is 18.2 Å². The third-order valence-electron chi connectivity index (χ3n) is 2.74. The Hall–Kier alpha value is -1.31. The molecule has 0 saturated heterocycles. The van der Waals surface area contributed by atoms with E-state index in [9.17, 15) is 4.79 Å². The van der Waals surface area contributed by atoms with Gasteiger partial charge >= 0.3 is 0 Å². The maximum absolute atomic E-state index is 11.8. The predicted molar refractivity (Wildman–Crippen MR) is 62.4 cm³/mol. The van der Waals surface area contributed by atoms with Crippen molar-refractivity contribution in [2.75, 3.05) is 11.9 Å². The SMILES string of the molecule is CC(C)CC(=O)c1ccc2c(c1)NCC2. The van der Waals surface area contributed by atoms with Crippen molar-refractivity contribution < 1.29 is 4.79 Å². The number of anilines is 1. The first-order valence-electron chi connectivity index (χ1n) is 5.57. The summed E-state index contributed by atoms with van der Waals surface area (Å²) in [4.78, 5) is 11.8. The molecule has 1 aromatic rings. The van der Waals surface area contributed by atoms with Crippen LogP contribution in [-0.2, 0) is 6.42 Å². The van der Waals surface area contributed by atoms with Crippen molar-refractivity contribution in [1.82, 2.24) is 0 Å². The Morgan fingerprint density at radius 3 is 3.00 bits per heavy atom. The highest BCUT2D eigenvalue weighted by atomic mass is 16.1. The van der Waals surface area contributed by atoms with Crippen LogP contribution in [0.1, 0.15) is 36.2 Å². The number of hydrogen-bond donors (Lipinski definition) is 1. The van der Waals surface area contributed by atoms with Gasteiger partial charge in [0.25, 0.3) is 0 Å². The number of hydrogen-bond acceptors (Lipinski definition) is 2. The highest BCUT2D eigenvalue weighted by Crippen LogP contribution is 2.24. The van der Waals surface area contributed by atoms with Crippen molar-refractivity contribution in [3.8, 4) is 0 Å². The Morgan fingerprint density at radius 1 is 1.47 bits per heavy atom. The second-order valence-electron chi connectivity index (χ2n) is 4.57. The average Bonchev–Trinajstić information content (AvgIpc) is 2.62. The number of nitrogens with one attached hydrogen (secondary N) is 1. The van der Waals surface area contributed by atoms with E-state index in [0.717, 1.165) is 24.2 Å². The van der Waals surface area contributed by atoms with Crippen LogP contribution in [0.3, 0.4) is 0 Å². The summed E-state index contributed by atoms with van der Waals surface area (Å²) in [5.74, 6) is 0.681. The molecule has 0 fully saturated rings. The molecule has 0 amide bonds. The smallest absolute Gasteiger partial charge is 0.163 e. The number of rotatable bonds is 3. The first-order valence-corrected chi connectivity index (χ1v) is 5.57. The van der Waals surface area contributed by atoms with E-state index in [4.69, 9.17) is 0 Å². The van der Waals surface area contributed by atoms with Gasteiger partial charge in [0.1, 0.15) is 0 Å². The first kappa shape index (κ1) is 10.2. The van der Waals surface area contributed by atoms with Gasteiger partial charge in [0.2, 0.25) is 0 Å². The van der Waals surface area contributed by atoms with Crippen molar-refractivity contribution in [2.45, 2.75) is 26.7 Å². The van der Waals surface area contributed by atoms with Crippen molar-refractivity contribution in [3.05, 3.63) is 29.3 Å². The van der Waals surface area contributed by atoms with E-state index < -0.39 is 0 Å². The Bertz CT molecular complexity index is 382. The van der Waals surface area contributed by atoms with Crippen molar-refractivity contribution in [3.63, 3.8) is 0 Å². The fraction of sp³-hybridized carbons (Fsp3) is 0.462. The molecule has 1 aliphatic heterocycles. The topological polar surface area (TPSA) is 29.1 Å². The van der Waals surface area contributed by atoms with E-state index in [1.807, 2.05) is 12.1 Å². The zero-order chi connectivity index (χ0) is 10.8. The summed E-state index contributed by atoms with van der Waals surface area (Å²) in [6.07, 6.45) is 1.72. The molecule has 1 aliphatic rings. The van der Waals surface area contributed by atoms with Gasteiger partial charge in [-0.15, -0.1) is 0 Å². The molecule has 1 N–H and O–H groups in total. The molecule has 80 valence electrons. The lowest BCUT2D eigenvalue weighted by atomic mass is 9.99. The van der Waals surface area contributed by atoms with Crippen LogP contribution in [-0.4, -0.2) is 12.3 Å². The number of carbonyl (C=O) groups excluding carboxylic acids is 1.